The number of hydrogen-bond acceptors (Lipinski definition) is 2. The topological polar surface area (TPSA) is 29.3 Å². The van der Waals surface area contributed by atoms with Crippen molar-refractivity contribution in [2.45, 2.75) is 31.8 Å². The third-order valence-electron chi connectivity index (χ3n) is 7.02. The number of aryl methyl sites for hydroxylation is 1. The lowest BCUT2D eigenvalue weighted by Crippen LogP contribution is -2.50. The quantitative estimate of drug-likeness (QED) is 0.672. The molecule has 2 aromatic rings. The molecule has 0 amide bonds. The van der Waals surface area contributed by atoms with Gasteiger partial charge in [0.15, 0.2) is 0 Å². The zero-order chi connectivity index (χ0) is 21.0. The van der Waals surface area contributed by atoms with Crippen molar-refractivity contribution in [1.82, 2.24) is 4.90 Å². The predicted molar refractivity (Wildman–Crippen MR) is 129 cm³/mol. The Morgan fingerprint density at radius 2 is 1.97 bits per heavy atom. The van der Waals surface area contributed by atoms with Crippen LogP contribution in [0.2, 0.25) is 0 Å². The van der Waals surface area contributed by atoms with Gasteiger partial charge < -0.3 is 10.6 Å². The van der Waals surface area contributed by atoms with Crippen molar-refractivity contribution in [1.29, 1.82) is 0 Å². The standard InChI is InChI=1S/C28H28N2/c1-5-18(6-2)27-24-15-13-20(7-3)30(4)28(27,29)25-17-16-22-21-11-9-8-10-19(21)12-14-23(22)26(24)25/h5,7,9,11-17H,1,3,6,8,10,29H2,2,4H3. The van der Waals surface area contributed by atoms with Crippen molar-refractivity contribution in [3.05, 3.63) is 107 Å². The number of fused-ring (bicyclic) bond motifs is 9. The molecule has 2 nitrogen and oxygen atoms in total. The Morgan fingerprint density at radius 3 is 2.70 bits per heavy atom. The Balaban J connectivity index is 1.93. The van der Waals surface area contributed by atoms with Crippen molar-refractivity contribution < 1.29 is 0 Å². The van der Waals surface area contributed by atoms with Gasteiger partial charge in [0.2, 0.25) is 0 Å². The van der Waals surface area contributed by atoms with E-state index in [1.165, 1.54) is 38.6 Å². The SMILES string of the molecule is C=CC1=CC=C2C(=C(C=C)CC)C(N)(c3ccc4c5c(ccc4c32)CCC=C5)N1C. The second-order valence-corrected chi connectivity index (χ2v) is 8.32. The maximum absolute atomic E-state index is 7.32. The fourth-order valence-corrected chi connectivity index (χ4v) is 5.45. The Morgan fingerprint density at radius 1 is 1.17 bits per heavy atom. The van der Waals surface area contributed by atoms with Crippen molar-refractivity contribution in [2.75, 3.05) is 7.05 Å². The first-order chi connectivity index (χ1) is 14.6. The van der Waals surface area contributed by atoms with Crippen LogP contribution in [0.3, 0.4) is 0 Å². The molecule has 1 atom stereocenters. The van der Waals surface area contributed by atoms with E-state index in [0.717, 1.165) is 36.1 Å². The number of benzene rings is 2. The van der Waals surface area contributed by atoms with Crippen LogP contribution in [0.5, 0.6) is 0 Å². The second kappa shape index (κ2) is 6.72. The van der Waals surface area contributed by atoms with E-state index in [-0.39, 0.29) is 0 Å². The lowest BCUT2D eigenvalue weighted by Gasteiger charge is -2.40. The van der Waals surface area contributed by atoms with Gasteiger partial charge in [0, 0.05) is 23.9 Å². The van der Waals surface area contributed by atoms with Crippen LogP contribution in [0.15, 0.2) is 84.6 Å². The van der Waals surface area contributed by atoms with E-state index in [9.17, 15) is 0 Å². The van der Waals surface area contributed by atoms with Gasteiger partial charge in [0.1, 0.15) is 5.66 Å². The highest BCUT2D eigenvalue weighted by atomic mass is 15.3. The summed E-state index contributed by atoms with van der Waals surface area (Å²) in [6, 6.07) is 9.09. The lowest BCUT2D eigenvalue weighted by atomic mass is 9.88. The van der Waals surface area contributed by atoms with Crippen LogP contribution in [0.4, 0.5) is 0 Å². The molecule has 0 saturated heterocycles. The lowest BCUT2D eigenvalue weighted by molar-refractivity contribution is 0.229. The number of nitrogens with zero attached hydrogens (tertiary/aromatic N) is 1. The zero-order valence-corrected chi connectivity index (χ0v) is 17.8. The van der Waals surface area contributed by atoms with Crippen LogP contribution in [0.1, 0.15) is 42.0 Å². The highest BCUT2D eigenvalue weighted by Crippen LogP contribution is 2.55. The normalized spacial score (nSPS) is 23.4. The zero-order valence-electron chi connectivity index (χ0n) is 17.8. The summed E-state index contributed by atoms with van der Waals surface area (Å²) in [4.78, 5) is 2.16. The Bertz CT molecular complexity index is 1240. The van der Waals surface area contributed by atoms with E-state index in [2.05, 4.69) is 80.6 Å². The van der Waals surface area contributed by atoms with Gasteiger partial charge in [-0.15, -0.1) is 0 Å². The number of nitrogens with two attached hydrogens (primary N) is 1. The molecule has 2 aromatic carbocycles. The number of likely N-dealkylation sites (N-methyl/N-ethyl adjacent to an activating group) is 1. The van der Waals surface area contributed by atoms with E-state index in [1.807, 2.05) is 12.2 Å². The van der Waals surface area contributed by atoms with Crippen molar-refractivity contribution in [2.24, 2.45) is 5.73 Å². The number of allylic oxidation sites excluding steroid dienone is 6. The maximum atomic E-state index is 7.32. The molecule has 3 aliphatic rings. The van der Waals surface area contributed by atoms with E-state index >= 15 is 0 Å². The average molecular weight is 393 g/mol. The average Bonchev–Trinajstić information content (AvgIpc) is 2.98. The molecule has 1 heterocycles. The monoisotopic (exact) mass is 392 g/mol. The molecule has 2 bridgehead atoms. The molecule has 1 aliphatic heterocycles. The van der Waals surface area contributed by atoms with Crippen LogP contribution >= 0.6 is 0 Å². The minimum Gasteiger partial charge on any atom is -0.349 e. The van der Waals surface area contributed by atoms with Crippen molar-refractivity contribution in [3.63, 3.8) is 0 Å². The summed E-state index contributed by atoms with van der Waals surface area (Å²) in [5.74, 6) is 0. The van der Waals surface area contributed by atoms with Crippen molar-refractivity contribution >= 4 is 22.4 Å². The summed E-state index contributed by atoms with van der Waals surface area (Å²) in [5, 5.41) is 2.58. The molecule has 0 saturated carbocycles. The fraction of sp³-hybridized carbons (Fsp3) is 0.214. The molecule has 0 spiro atoms. The van der Waals surface area contributed by atoms with Gasteiger partial charge in [-0.05, 0) is 70.0 Å². The van der Waals surface area contributed by atoms with Gasteiger partial charge in [-0.2, -0.15) is 0 Å². The fourth-order valence-electron chi connectivity index (χ4n) is 5.45. The summed E-state index contributed by atoms with van der Waals surface area (Å²) in [6.07, 6.45) is 15.9. The minimum absolute atomic E-state index is 0.753. The first-order valence-corrected chi connectivity index (χ1v) is 10.8. The van der Waals surface area contributed by atoms with Crippen molar-refractivity contribution in [3.8, 4) is 0 Å². The van der Waals surface area contributed by atoms with Gasteiger partial charge in [-0.3, -0.25) is 0 Å². The largest absolute Gasteiger partial charge is 0.349 e. The summed E-state index contributed by atoms with van der Waals surface area (Å²) < 4.78 is 0. The van der Waals surface area contributed by atoms with Crippen LogP contribution in [0, 0.1) is 0 Å². The third kappa shape index (κ3) is 2.28. The number of rotatable bonds is 3. The smallest absolute Gasteiger partial charge is 0.142 e. The molecule has 150 valence electrons. The highest BCUT2D eigenvalue weighted by molar-refractivity contribution is 6.07. The van der Waals surface area contributed by atoms with Crippen LogP contribution in [-0.4, -0.2) is 11.9 Å². The van der Waals surface area contributed by atoms with E-state index in [1.54, 1.807) is 0 Å². The van der Waals surface area contributed by atoms with E-state index < -0.39 is 5.66 Å². The summed E-state index contributed by atoms with van der Waals surface area (Å²) >= 11 is 0. The van der Waals surface area contributed by atoms with Gasteiger partial charge >= 0.3 is 0 Å². The maximum Gasteiger partial charge on any atom is 0.142 e. The van der Waals surface area contributed by atoms with Crippen LogP contribution in [-0.2, 0) is 12.1 Å². The highest BCUT2D eigenvalue weighted by Gasteiger charge is 2.48. The Kier molecular flexibility index (Phi) is 4.23. The number of hydrogen-bond donors (Lipinski definition) is 1. The summed E-state index contributed by atoms with van der Waals surface area (Å²) in [6.45, 7) is 10.3. The molecule has 0 fully saturated rings. The predicted octanol–water partition coefficient (Wildman–Crippen LogP) is 6.22. The molecule has 2 heteroatoms. The first kappa shape index (κ1) is 18.9. The third-order valence-corrected chi connectivity index (χ3v) is 7.02. The summed E-state index contributed by atoms with van der Waals surface area (Å²) in [7, 11) is 2.07. The van der Waals surface area contributed by atoms with Crippen LogP contribution < -0.4 is 5.73 Å². The van der Waals surface area contributed by atoms with E-state index in [4.69, 9.17) is 5.73 Å². The molecule has 5 rings (SSSR count). The summed E-state index contributed by atoms with van der Waals surface area (Å²) in [5.41, 5.74) is 16.3. The molecule has 1 unspecified atom stereocenters. The molecule has 2 N–H and O–H groups in total. The molecule has 30 heavy (non-hydrogen) atoms. The minimum atomic E-state index is -0.753. The van der Waals surface area contributed by atoms with Crippen LogP contribution in [0.25, 0.3) is 22.4 Å². The Labute approximate surface area is 179 Å². The Hall–Kier alpha value is -3.10. The van der Waals surface area contributed by atoms with Gasteiger partial charge in [0.05, 0.1) is 0 Å². The van der Waals surface area contributed by atoms with Gasteiger partial charge in [0.25, 0.3) is 0 Å². The first-order valence-electron chi connectivity index (χ1n) is 10.8. The molecular formula is C28H28N2. The molecule has 0 aromatic heterocycles. The van der Waals surface area contributed by atoms with Gasteiger partial charge in [-0.25, -0.2) is 0 Å². The molecule has 0 radical (unpaired) electrons. The van der Waals surface area contributed by atoms with Gasteiger partial charge in [-0.1, -0.05) is 68.7 Å². The molecular weight excluding hydrogens is 364 g/mol. The molecule has 2 aliphatic carbocycles. The second-order valence-electron chi connectivity index (χ2n) is 8.32. The van der Waals surface area contributed by atoms with E-state index in [0.29, 0.717) is 0 Å².